The number of alkyl carbamates (subject to hydrolysis) is 1. The molecule has 0 fully saturated rings. The predicted molar refractivity (Wildman–Crippen MR) is 96.7 cm³/mol. The molecule has 2 unspecified atom stereocenters. The molecule has 7 heteroatoms. The smallest absolute Gasteiger partial charge is 0.408 e. The first kappa shape index (κ1) is 19.8. The molecular formula is C19H26N2O5. The van der Waals surface area contributed by atoms with Crippen LogP contribution in [0.5, 0.6) is 0 Å². The topological polar surface area (TPSA) is 93.7 Å². The van der Waals surface area contributed by atoms with E-state index in [2.05, 4.69) is 10.6 Å². The van der Waals surface area contributed by atoms with Crippen molar-refractivity contribution in [2.75, 3.05) is 11.9 Å². The van der Waals surface area contributed by atoms with Crippen LogP contribution < -0.4 is 10.6 Å². The van der Waals surface area contributed by atoms with Crippen molar-refractivity contribution in [2.45, 2.75) is 52.2 Å². The molecule has 2 atom stereocenters. The van der Waals surface area contributed by atoms with Gasteiger partial charge in [0.1, 0.15) is 11.6 Å². The van der Waals surface area contributed by atoms with Gasteiger partial charge in [-0.3, -0.25) is 4.79 Å². The first-order valence-corrected chi connectivity index (χ1v) is 8.76. The van der Waals surface area contributed by atoms with Gasteiger partial charge in [0.15, 0.2) is 0 Å². The Kier molecular flexibility index (Phi) is 6.23. The largest absolute Gasteiger partial charge is 0.464 e. The van der Waals surface area contributed by atoms with Gasteiger partial charge in [-0.05, 0) is 52.2 Å². The molecule has 0 saturated heterocycles. The van der Waals surface area contributed by atoms with Crippen molar-refractivity contribution in [2.24, 2.45) is 5.92 Å². The van der Waals surface area contributed by atoms with E-state index in [-0.39, 0.29) is 12.5 Å². The van der Waals surface area contributed by atoms with Crippen LogP contribution in [0.4, 0.5) is 10.5 Å². The van der Waals surface area contributed by atoms with Gasteiger partial charge in [0.25, 0.3) is 0 Å². The lowest BCUT2D eigenvalue weighted by Crippen LogP contribution is -2.51. The number of rotatable bonds is 4. The third-order valence-electron chi connectivity index (χ3n) is 3.95. The van der Waals surface area contributed by atoms with Gasteiger partial charge in [0.2, 0.25) is 5.91 Å². The number of carbonyl (C=O) groups is 3. The third-order valence-corrected chi connectivity index (χ3v) is 3.95. The Balaban J connectivity index is 2.20. The van der Waals surface area contributed by atoms with E-state index in [1.807, 2.05) is 24.3 Å². The normalized spacial score (nSPS) is 18.0. The number of benzene rings is 1. The standard InChI is InChI=1S/C19H26N2O5/c1-5-25-17(23)15(21-18(24)26-19(2,3)4)13-11-10-12-8-6-7-9-14(12)20-16(13)22/h6-9,13,15H,5,10-11H2,1-4H3,(H,20,22)(H,21,24). The molecule has 2 amide bonds. The highest BCUT2D eigenvalue weighted by Crippen LogP contribution is 2.26. The van der Waals surface area contributed by atoms with Crippen LogP contribution >= 0.6 is 0 Å². The van der Waals surface area contributed by atoms with Gasteiger partial charge in [0, 0.05) is 5.69 Å². The second-order valence-corrected chi connectivity index (χ2v) is 7.17. The first-order chi connectivity index (χ1) is 12.2. The Labute approximate surface area is 153 Å². The lowest BCUT2D eigenvalue weighted by molar-refractivity contribution is -0.149. The average Bonchev–Trinajstić information content (AvgIpc) is 2.69. The fourth-order valence-electron chi connectivity index (χ4n) is 2.84. The zero-order chi connectivity index (χ0) is 19.3. The summed E-state index contributed by atoms with van der Waals surface area (Å²) in [5.41, 5.74) is 0.994. The second kappa shape index (κ2) is 8.21. The quantitative estimate of drug-likeness (QED) is 0.803. The van der Waals surface area contributed by atoms with E-state index in [0.717, 1.165) is 11.3 Å². The fraction of sp³-hybridized carbons (Fsp3) is 0.526. The predicted octanol–water partition coefficient (Wildman–Crippen LogP) is 2.64. The van der Waals surface area contributed by atoms with Crippen LogP contribution in [0.1, 0.15) is 39.7 Å². The number of fused-ring (bicyclic) bond motifs is 1. The van der Waals surface area contributed by atoms with E-state index in [1.165, 1.54) is 0 Å². The molecule has 1 aromatic carbocycles. The van der Waals surface area contributed by atoms with Crippen molar-refractivity contribution in [3.63, 3.8) is 0 Å². The number of anilines is 1. The van der Waals surface area contributed by atoms with E-state index in [1.54, 1.807) is 27.7 Å². The van der Waals surface area contributed by atoms with Gasteiger partial charge in [-0.1, -0.05) is 18.2 Å². The van der Waals surface area contributed by atoms with Crippen molar-refractivity contribution in [3.05, 3.63) is 29.8 Å². The van der Waals surface area contributed by atoms with E-state index in [4.69, 9.17) is 9.47 Å². The first-order valence-electron chi connectivity index (χ1n) is 8.76. The van der Waals surface area contributed by atoms with Crippen LogP contribution in [0.2, 0.25) is 0 Å². The maximum absolute atomic E-state index is 12.7. The van der Waals surface area contributed by atoms with Crippen LogP contribution in [0.3, 0.4) is 0 Å². The highest BCUT2D eigenvalue weighted by Gasteiger charge is 2.38. The van der Waals surface area contributed by atoms with E-state index in [0.29, 0.717) is 12.8 Å². The van der Waals surface area contributed by atoms with Crippen molar-refractivity contribution in [1.29, 1.82) is 0 Å². The van der Waals surface area contributed by atoms with Gasteiger partial charge >= 0.3 is 12.1 Å². The Morgan fingerprint density at radius 1 is 1.31 bits per heavy atom. The minimum Gasteiger partial charge on any atom is -0.464 e. The van der Waals surface area contributed by atoms with Crippen molar-refractivity contribution < 1.29 is 23.9 Å². The molecule has 7 nitrogen and oxygen atoms in total. The summed E-state index contributed by atoms with van der Waals surface area (Å²) in [6.07, 6.45) is 0.248. The van der Waals surface area contributed by atoms with Crippen LogP contribution in [-0.4, -0.2) is 36.2 Å². The number of amides is 2. The van der Waals surface area contributed by atoms with Gasteiger partial charge < -0.3 is 20.1 Å². The summed E-state index contributed by atoms with van der Waals surface area (Å²) in [6.45, 7) is 6.99. The lowest BCUT2D eigenvalue weighted by Gasteiger charge is -2.26. The molecule has 2 rings (SSSR count). The average molecular weight is 362 g/mol. The molecule has 1 heterocycles. The number of aryl methyl sites for hydroxylation is 1. The van der Waals surface area contributed by atoms with Crippen LogP contribution in [0.15, 0.2) is 24.3 Å². The summed E-state index contributed by atoms with van der Waals surface area (Å²) in [6, 6.07) is 6.36. The Morgan fingerprint density at radius 3 is 2.65 bits per heavy atom. The van der Waals surface area contributed by atoms with E-state index in [9.17, 15) is 14.4 Å². The number of hydrogen-bond donors (Lipinski definition) is 2. The number of ether oxygens (including phenoxy) is 2. The number of nitrogens with one attached hydrogen (secondary N) is 2. The van der Waals surface area contributed by atoms with Crippen molar-refractivity contribution >= 4 is 23.7 Å². The molecule has 2 N–H and O–H groups in total. The van der Waals surface area contributed by atoms with Crippen molar-refractivity contribution in [3.8, 4) is 0 Å². The van der Waals surface area contributed by atoms with Gasteiger partial charge in [-0.2, -0.15) is 0 Å². The molecule has 26 heavy (non-hydrogen) atoms. The number of para-hydroxylation sites is 1. The summed E-state index contributed by atoms with van der Waals surface area (Å²) in [4.78, 5) is 37.2. The zero-order valence-corrected chi connectivity index (χ0v) is 15.6. The summed E-state index contributed by atoms with van der Waals surface area (Å²) in [5.74, 6) is -1.73. The molecule has 1 aromatic rings. The van der Waals surface area contributed by atoms with Crippen molar-refractivity contribution in [1.82, 2.24) is 5.32 Å². The van der Waals surface area contributed by atoms with E-state index < -0.39 is 29.6 Å². The van der Waals surface area contributed by atoms with Gasteiger partial charge in [-0.15, -0.1) is 0 Å². The highest BCUT2D eigenvalue weighted by molar-refractivity contribution is 5.98. The Morgan fingerprint density at radius 2 is 2.00 bits per heavy atom. The summed E-state index contributed by atoms with van der Waals surface area (Å²) in [5, 5.41) is 5.35. The molecule has 0 saturated carbocycles. The molecule has 0 aliphatic carbocycles. The molecule has 1 aliphatic heterocycles. The van der Waals surface area contributed by atoms with Gasteiger partial charge in [-0.25, -0.2) is 9.59 Å². The molecule has 142 valence electrons. The minimum absolute atomic E-state index is 0.153. The summed E-state index contributed by atoms with van der Waals surface area (Å²) < 4.78 is 10.3. The highest BCUT2D eigenvalue weighted by atomic mass is 16.6. The molecule has 0 bridgehead atoms. The lowest BCUT2D eigenvalue weighted by atomic mass is 9.93. The van der Waals surface area contributed by atoms with Crippen LogP contribution in [0, 0.1) is 5.92 Å². The maximum Gasteiger partial charge on any atom is 0.408 e. The molecule has 0 radical (unpaired) electrons. The van der Waals surface area contributed by atoms with Crippen LogP contribution in [0.25, 0.3) is 0 Å². The molecular weight excluding hydrogens is 336 g/mol. The van der Waals surface area contributed by atoms with E-state index >= 15 is 0 Å². The third kappa shape index (κ3) is 5.21. The Hall–Kier alpha value is -2.57. The van der Waals surface area contributed by atoms with Gasteiger partial charge in [0.05, 0.1) is 12.5 Å². The fourth-order valence-corrected chi connectivity index (χ4v) is 2.84. The summed E-state index contributed by atoms with van der Waals surface area (Å²) >= 11 is 0. The van der Waals surface area contributed by atoms with Crippen LogP contribution in [-0.2, 0) is 25.5 Å². The SMILES string of the molecule is CCOC(=O)C(NC(=O)OC(C)(C)C)C1CCc2ccccc2NC1=O. The molecule has 0 aromatic heterocycles. The second-order valence-electron chi connectivity index (χ2n) is 7.17. The molecule has 1 aliphatic rings. The minimum atomic E-state index is -1.11. The monoisotopic (exact) mass is 362 g/mol. The molecule has 0 spiro atoms. The zero-order valence-electron chi connectivity index (χ0n) is 15.6. The summed E-state index contributed by atoms with van der Waals surface area (Å²) in [7, 11) is 0. The Bertz CT molecular complexity index is 681. The number of carbonyl (C=O) groups excluding carboxylic acids is 3. The number of esters is 1. The number of hydrogen-bond acceptors (Lipinski definition) is 5. The maximum atomic E-state index is 12.7.